The van der Waals surface area contributed by atoms with E-state index < -0.39 is 0 Å². The Labute approximate surface area is 154 Å². The fourth-order valence-corrected chi connectivity index (χ4v) is 2.70. The van der Waals surface area contributed by atoms with E-state index in [9.17, 15) is 4.79 Å². The van der Waals surface area contributed by atoms with Gasteiger partial charge in [0.1, 0.15) is 5.76 Å². The molecule has 2 rings (SSSR count). The van der Waals surface area contributed by atoms with E-state index in [-0.39, 0.29) is 17.5 Å². The Morgan fingerprint density at radius 1 is 1.20 bits per heavy atom. The Hall–Kier alpha value is -1.98. The van der Waals surface area contributed by atoms with E-state index in [1.54, 1.807) is 6.26 Å². The monoisotopic (exact) mass is 363 g/mol. The molecule has 2 aromatic rings. The molecule has 1 atom stereocenters. The Morgan fingerprint density at radius 3 is 2.44 bits per heavy atom. The van der Waals surface area contributed by atoms with Gasteiger partial charge in [-0.05, 0) is 43.9 Å². The predicted molar refractivity (Wildman–Crippen MR) is 101 cm³/mol. The average molecular weight is 364 g/mol. The molecule has 1 heterocycles. The Bertz CT molecular complexity index is 666. The van der Waals surface area contributed by atoms with E-state index in [2.05, 4.69) is 24.5 Å². The van der Waals surface area contributed by atoms with Crippen LogP contribution >= 0.6 is 11.6 Å². The number of rotatable bonds is 7. The maximum Gasteiger partial charge on any atom is 0.314 e. The summed E-state index contributed by atoms with van der Waals surface area (Å²) in [5.41, 5.74) is 0.933. The van der Waals surface area contributed by atoms with Crippen molar-refractivity contribution in [2.24, 2.45) is 0 Å². The van der Waals surface area contributed by atoms with E-state index in [0.29, 0.717) is 18.1 Å². The molecular formula is C19H26ClN3O2. The average Bonchev–Trinajstić information content (AvgIpc) is 3.07. The second-order valence-electron chi connectivity index (χ2n) is 6.95. The summed E-state index contributed by atoms with van der Waals surface area (Å²) in [4.78, 5) is 14.2. The first kappa shape index (κ1) is 19.3. The number of halogens is 1. The van der Waals surface area contributed by atoms with Gasteiger partial charge in [0.25, 0.3) is 0 Å². The molecule has 2 amide bonds. The van der Waals surface area contributed by atoms with Crippen molar-refractivity contribution in [1.82, 2.24) is 15.5 Å². The standard InChI is InChI=1S/C19H26ClN3O2/c1-19(2,14-7-9-15(20)10-8-14)13-22-18(24)21-12-16(23(3)4)17-6-5-11-25-17/h5-11,16H,12-13H2,1-4H3,(H2,21,22,24). The number of amides is 2. The number of nitrogens with zero attached hydrogens (tertiary/aromatic N) is 1. The largest absolute Gasteiger partial charge is 0.468 e. The highest BCUT2D eigenvalue weighted by atomic mass is 35.5. The lowest BCUT2D eigenvalue weighted by Crippen LogP contribution is -2.44. The van der Waals surface area contributed by atoms with Crippen molar-refractivity contribution in [3.63, 3.8) is 0 Å². The molecule has 0 aliphatic heterocycles. The lowest BCUT2D eigenvalue weighted by Gasteiger charge is -2.27. The molecule has 25 heavy (non-hydrogen) atoms. The van der Waals surface area contributed by atoms with Crippen molar-refractivity contribution in [1.29, 1.82) is 0 Å². The number of carbonyl (C=O) groups excluding carboxylic acids is 1. The summed E-state index contributed by atoms with van der Waals surface area (Å²) in [7, 11) is 3.91. The van der Waals surface area contributed by atoms with Crippen LogP contribution < -0.4 is 10.6 Å². The number of furan rings is 1. The zero-order valence-electron chi connectivity index (χ0n) is 15.2. The van der Waals surface area contributed by atoms with Crippen LogP contribution in [0, 0.1) is 0 Å². The maximum absolute atomic E-state index is 12.2. The zero-order valence-corrected chi connectivity index (χ0v) is 15.9. The van der Waals surface area contributed by atoms with E-state index >= 15 is 0 Å². The van der Waals surface area contributed by atoms with Crippen LogP contribution in [0.1, 0.15) is 31.2 Å². The lowest BCUT2D eigenvalue weighted by molar-refractivity contribution is 0.223. The van der Waals surface area contributed by atoms with Gasteiger partial charge in [-0.1, -0.05) is 37.6 Å². The molecule has 0 aliphatic rings. The minimum atomic E-state index is -0.194. The summed E-state index contributed by atoms with van der Waals surface area (Å²) >= 11 is 5.94. The molecule has 0 aliphatic carbocycles. The molecule has 0 fully saturated rings. The van der Waals surface area contributed by atoms with Crippen molar-refractivity contribution < 1.29 is 9.21 Å². The number of urea groups is 1. The molecule has 6 heteroatoms. The van der Waals surface area contributed by atoms with Crippen molar-refractivity contribution in [3.05, 3.63) is 59.0 Å². The summed E-state index contributed by atoms with van der Waals surface area (Å²) in [6.45, 7) is 5.16. The SMILES string of the molecule is CN(C)C(CNC(=O)NCC(C)(C)c1ccc(Cl)cc1)c1ccco1. The zero-order chi connectivity index (χ0) is 18.4. The molecule has 0 saturated carbocycles. The quantitative estimate of drug-likeness (QED) is 0.786. The van der Waals surface area contributed by atoms with E-state index in [4.69, 9.17) is 16.0 Å². The number of nitrogens with one attached hydrogen (secondary N) is 2. The van der Waals surface area contributed by atoms with E-state index in [1.165, 1.54) is 0 Å². The summed E-state index contributed by atoms with van der Waals surface area (Å²) in [5.74, 6) is 0.826. The number of likely N-dealkylation sites (N-methyl/N-ethyl adjacent to an activating group) is 1. The Balaban J connectivity index is 1.86. The van der Waals surface area contributed by atoms with Crippen molar-refractivity contribution in [3.8, 4) is 0 Å². The van der Waals surface area contributed by atoms with Gasteiger partial charge in [-0.15, -0.1) is 0 Å². The Kier molecular flexibility index (Phi) is 6.51. The van der Waals surface area contributed by atoms with Gasteiger partial charge in [0.15, 0.2) is 0 Å². The summed E-state index contributed by atoms with van der Waals surface area (Å²) in [6, 6.07) is 11.3. The normalized spacial score (nSPS) is 12.9. The molecule has 2 N–H and O–H groups in total. The first-order valence-corrected chi connectivity index (χ1v) is 8.65. The van der Waals surface area contributed by atoms with Crippen molar-refractivity contribution in [2.75, 3.05) is 27.2 Å². The van der Waals surface area contributed by atoms with Gasteiger partial charge < -0.3 is 15.1 Å². The number of carbonyl (C=O) groups is 1. The molecular weight excluding hydrogens is 338 g/mol. The highest BCUT2D eigenvalue weighted by Gasteiger charge is 2.22. The van der Waals surface area contributed by atoms with Gasteiger partial charge in [-0.25, -0.2) is 4.79 Å². The van der Waals surface area contributed by atoms with E-state index in [0.717, 1.165) is 11.3 Å². The Morgan fingerprint density at radius 2 is 1.88 bits per heavy atom. The van der Waals surface area contributed by atoms with Gasteiger partial charge in [0.05, 0.1) is 12.3 Å². The van der Waals surface area contributed by atoms with Gasteiger partial charge in [-0.2, -0.15) is 0 Å². The van der Waals surface area contributed by atoms with Crippen LogP contribution in [0.3, 0.4) is 0 Å². The van der Waals surface area contributed by atoms with Gasteiger partial charge in [-0.3, -0.25) is 4.90 Å². The first-order chi connectivity index (χ1) is 11.8. The molecule has 1 unspecified atom stereocenters. The van der Waals surface area contributed by atoms with Crippen LogP contribution in [0.15, 0.2) is 47.1 Å². The third-order valence-corrected chi connectivity index (χ3v) is 4.52. The number of benzene rings is 1. The first-order valence-electron chi connectivity index (χ1n) is 8.27. The second kappa shape index (κ2) is 8.41. The van der Waals surface area contributed by atoms with Crippen molar-refractivity contribution in [2.45, 2.75) is 25.3 Å². The molecule has 0 spiro atoms. The summed E-state index contributed by atoms with van der Waals surface area (Å²) in [5, 5.41) is 6.56. The van der Waals surface area contributed by atoms with Crippen molar-refractivity contribution >= 4 is 17.6 Å². The van der Waals surface area contributed by atoms with Gasteiger partial charge in [0, 0.05) is 23.5 Å². The summed E-state index contributed by atoms with van der Waals surface area (Å²) < 4.78 is 5.45. The van der Waals surface area contributed by atoms with E-state index in [1.807, 2.05) is 55.4 Å². The molecule has 5 nitrogen and oxygen atoms in total. The molecule has 0 bridgehead atoms. The topological polar surface area (TPSA) is 57.5 Å². The highest BCUT2D eigenvalue weighted by Crippen LogP contribution is 2.24. The fraction of sp³-hybridized carbons (Fsp3) is 0.421. The van der Waals surface area contributed by atoms with Crippen LogP contribution in [-0.4, -0.2) is 38.1 Å². The van der Waals surface area contributed by atoms with Crippen LogP contribution in [0.25, 0.3) is 0 Å². The molecule has 0 radical (unpaired) electrons. The molecule has 0 saturated heterocycles. The fourth-order valence-electron chi connectivity index (χ4n) is 2.57. The third-order valence-electron chi connectivity index (χ3n) is 4.27. The number of hydrogen-bond donors (Lipinski definition) is 2. The van der Waals surface area contributed by atoms with Gasteiger partial charge >= 0.3 is 6.03 Å². The smallest absolute Gasteiger partial charge is 0.314 e. The van der Waals surface area contributed by atoms with Gasteiger partial charge in [0.2, 0.25) is 0 Å². The summed E-state index contributed by atoms with van der Waals surface area (Å²) in [6.07, 6.45) is 1.64. The van der Waals surface area contributed by atoms with Crippen LogP contribution in [0.4, 0.5) is 4.79 Å². The molecule has 136 valence electrons. The molecule has 1 aromatic heterocycles. The minimum Gasteiger partial charge on any atom is -0.468 e. The van der Waals surface area contributed by atoms with Crippen LogP contribution in [0.5, 0.6) is 0 Å². The number of hydrogen-bond acceptors (Lipinski definition) is 3. The van der Waals surface area contributed by atoms with Crippen LogP contribution in [-0.2, 0) is 5.41 Å². The molecule has 1 aromatic carbocycles. The predicted octanol–water partition coefficient (Wildman–Crippen LogP) is 3.81. The lowest BCUT2D eigenvalue weighted by atomic mass is 9.85. The third kappa shape index (κ3) is 5.51. The minimum absolute atomic E-state index is 0.00924. The maximum atomic E-state index is 12.2. The highest BCUT2D eigenvalue weighted by molar-refractivity contribution is 6.30. The van der Waals surface area contributed by atoms with Crippen LogP contribution in [0.2, 0.25) is 5.02 Å². The second-order valence-corrected chi connectivity index (χ2v) is 7.39.